The van der Waals surface area contributed by atoms with Gasteiger partial charge >= 0.3 is 0 Å². The number of nitrogens with one attached hydrogen (secondary N) is 1. The molecule has 0 spiro atoms. The maximum Gasteiger partial charge on any atom is 0.149 e. The molecule has 0 saturated heterocycles. The maximum atomic E-state index is 5.77. The second kappa shape index (κ2) is 7.35. The predicted molar refractivity (Wildman–Crippen MR) is 72.5 cm³/mol. The minimum atomic E-state index is 0.302. The minimum absolute atomic E-state index is 0.302. The van der Waals surface area contributed by atoms with Gasteiger partial charge in [-0.2, -0.15) is 0 Å². The van der Waals surface area contributed by atoms with Crippen LogP contribution in [-0.2, 0) is 4.74 Å². The van der Waals surface area contributed by atoms with Gasteiger partial charge in [-0.25, -0.2) is 4.98 Å². The lowest BCUT2D eigenvalue weighted by atomic mass is 10.3. The van der Waals surface area contributed by atoms with Crippen LogP contribution in [0.3, 0.4) is 0 Å². The molecule has 0 amide bonds. The largest absolute Gasteiger partial charge is 0.396 e. The minimum Gasteiger partial charge on any atom is -0.396 e. The zero-order valence-electron chi connectivity index (χ0n) is 10.4. The van der Waals surface area contributed by atoms with Gasteiger partial charge in [0.25, 0.3) is 0 Å². The van der Waals surface area contributed by atoms with Crippen LogP contribution in [0.15, 0.2) is 12.3 Å². The third-order valence-electron chi connectivity index (χ3n) is 2.20. The summed E-state index contributed by atoms with van der Waals surface area (Å²) < 4.78 is 5.45. The standard InChI is InChI=1S/C12H20ClN3O/c1-9(2)17-6-4-3-5-15-12-11(14)7-10(13)8-16-12/h7-9H,3-6,14H2,1-2H3,(H,15,16). The number of pyridine rings is 1. The molecule has 0 aliphatic rings. The summed E-state index contributed by atoms with van der Waals surface area (Å²) in [5.74, 6) is 0.694. The first-order valence-electron chi connectivity index (χ1n) is 5.86. The Morgan fingerprint density at radius 1 is 1.47 bits per heavy atom. The van der Waals surface area contributed by atoms with Gasteiger partial charge in [0, 0.05) is 19.3 Å². The Balaban J connectivity index is 2.18. The number of nitrogens with two attached hydrogens (primary N) is 1. The Bertz CT molecular complexity index is 345. The molecule has 0 unspecified atom stereocenters. The fourth-order valence-electron chi connectivity index (χ4n) is 1.36. The van der Waals surface area contributed by atoms with Crippen molar-refractivity contribution in [3.05, 3.63) is 17.3 Å². The molecule has 1 aromatic heterocycles. The second-order valence-electron chi connectivity index (χ2n) is 4.14. The van der Waals surface area contributed by atoms with E-state index in [1.54, 1.807) is 12.3 Å². The van der Waals surface area contributed by atoms with E-state index >= 15 is 0 Å². The number of hydrogen-bond donors (Lipinski definition) is 2. The van der Waals surface area contributed by atoms with Gasteiger partial charge in [-0.15, -0.1) is 0 Å². The smallest absolute Gasteiger partial charge is 0.149 e. The Hall–Kier alpha value is -1.00. The number of rotatable bonds is 7. The lowest BCUT2D eigenvalue weighted by Gasteiger charge is -2.09. The third kappa shape index (κ3) is 5.75. The molecule has 0 saturated carbocycles. The van der Waals surface area contributed by atoms with Crippen LogP contribution in [0, 0.1) is 0 Å². The summed E-state index contributed by atoms with van der Waals surface area (Å²) in [6.07, 6.45) is 3.94. The van der Waals surface area contributed by atoms with E-state index < -0.39 is 0 Å². The molecule has 1 aromatic rings. The van der Waals surface area contributed by atoms with Crippen LogP contribution in [0.4, 0.5) is 11.5 Å². The molecule has 0 aliphatic carbocycles. The maximum absolute atomic E-state index is 5.77. The highest BCUT2D eigenvalue weighted by atomic mass is 35.5. The molecule has 0 radical (unpaired) electrons. The SMILES string of the molecule is CC(C)OCCCCNc1ncc(Cl)cc1N. The van der Waals surface area contributed by atoms with E-state index in [9.17, 15) is 0 Å². The number of nitrogens with zero attached hydrogens (tertiary/aromatic N) is 1. The summed E-state index contributed by atoms with van der Waals surface area (Å²) in [6.45, 7) is 5.70. The Morgan fingerprint density at radius 3 is 2.88 bits per heavy atom. The molecule has 0 bridgehead atoms. The van der Waals surface area contributed by atoms with Gasteiger partial charge in [-0.05, 0) is 32.8 Å². The van der Waals surface area contributed by atoms with Crippen LogP contribution in [0.5, 0.6) is 0 Å². The Morgan fingerprint density at radius 2 is 2.24 bits per heavy atom. The van der Waals surface area contributed by atoms with E-state index in [0.717, 1.165) is 26.0 Å². The zero-order valence-corrected chi connectivity index (χ0v) is 11.1. The van der Waals surface area contributed by atoms with Crippen molar-refractivity contribution in [2.75, 3.05) is 24.2 Å². The van der Waals surface area contributed by atoms with Crippen LogP contribution in [0.1, 0.15) is 26.7 Å². The van der Waals surface area contributed by atoms with Crippen molar-refractivity contribution in [2.24, 2.45) is 0 Å². The first-order chi connectivity index (χ1) is 8.09. The van der Waals surface area contributed by atoms with E-state index in [0.29, 0.717) is 22.6 Å². The fourth-order valence-corrected chi connectivity index (χ4v) is 1.52. The monoisotopic (exact) mass is 257 g/mol. The molecule has 1 rings (SSSR count). The number of hydrogen-bond acceptors (Lipinski definition) is 4. The number of halogens is 1. The van der Waals surface area contributed by atoms with Crippen molar-refractivity contribution in [1.82, 2.24) is 4.98 Å². The molecule has 0 atom stereocenters. The van der Waals surface area contributed by atoms with Crippen molar-refractivity contribution < 1.29 is 4.74 Å². The molecule has 0 aliphatic heterocycles. The van der Waals surface area contributed by atoms with Gasteiger partial charge in [0.05, 0.1) is 16.8 Å². The summed E-state index contributed by atoms with van der Waals surface area (Å²) in [6, 6.07) is 1.69. The summed E-state index contributed by atoms with van der Waals surface area (Å²) in [4.78, 5) is 4.12. The van der Waals surface area contributed by atoms with Crippen molar-refractivity contribution in [1.29, 1.82) is 0 Å². The molecule has 96 valence electrons. The molecule has 3 N–H and O–H groups in total. The molecule has 0 fully saturated rings. The van der Waals surface area contributed by atoms with E-state index in [2.05, 4.69) is 10.3 Å². The van der Waals surface area contributed by atoms with Crippen LogP contribution in [-0.4, -0.2) is 24.2 Å². The number of aromatic nitrogens is 1. The normalized spacial score (nSPS) is 10.8. The van der Waals surface area contributed by atoms with E-state index in [4.69, 9.17) is 22.1 Å². The summed E-state index contributed by atoms with van der Waals surface area (Å²) >= 11 is 5.76. The summed E-state index contributed by atoms with van der Waals surface area (Å²) in [5, 5.41) is 3.73. The van der Waals surface area contributed by atoms with Crippen molar-refractivity contribution in [3.8, 4) is 0 Å². The van der Waals surface area contributed by atoms with E-state index in [1.165, 1.54) is 0 Å². The van der Waals surface area contributed by atoms with Crippen LogP contribution in [0.2, 0.25) is 5.02 Å². The van der Waals surface area contributed by atoms with Gasteiger partial charge in [0.15, 0.2) is 0 Å². The average Bonchev–Trinajstić information content (AvgIpc) is 2.25. The molecular weight excluding hydrogens is 238 g/mol. The van der Waals surface area contributed by atoms with Gasteiger partial charge < -0.3 is 15.8 Å². The van der Waals surface area contributed by atoms with Crippen LogP contribution in [0.25, 0.3) is 0 Å². The average molecular weight is 258 g/mol. The van der Waals surface area contributed by atoms with Gasteiger partial charge in [-0.1, -0.05) is 11.6 Å². The second-order valence-corrected chi connectivity index (χ2v) is 4.58. The van der Waals surface area contributed by atoms with Crippen LogP contribution < -0.4 is 11.1 Å². The summed E-state index contributed by atoms with van der Waals surface area (Å²) in [7, 11) is 0. The molecule has 4 nitrogen and oxygen atoms in total. The Labute approximate surface area is 108 Å². The first kappa shape index (κ1) is 14.1. The van der Waals surface area contributed by atoms with Crippen molar-refractivity contribution in [3.63, 3.8) is 0 Å². The molecule has 0 aromatic carbocycles. The predicted octanol–water partition coefficient (Wildman–Crippen LogP) is 2.93. The number of anilines is 2. The zero-order chi connectivity index (χ0) is 12.7. The first-order valence-corrected chi connectivity index (χ1v) is 6.24. The van der Waals surface area contributed by atoms with Crippen molar-refractivity contribution >= 4 is 23.1 Å². The third-order valence-corrected chi connectivity index (χ3v) is 2.41. The number of unbranched alkanes of at least 4 members (excludes halogenated alkanes) is 1. The number of ether oxygens (including phenoxy) is 1. The van der Waals surface area contributed by atoms with Crippen molar-refractivity contribution in [2.45, 2.75) is 32.8 Å². The lowest BCUT2D eigenvalue weighted by Crippen LogP contribution is -2.08. The lowest BCUT2D eigenvalue weighted by molar-refractivity contribution is 0.0765. The topological polar surface area (TPSA) is 60.2 Å². The van der Waals surface area contributed by atoms with E-state index in [1.807, 2.05) is 13.8 Å². The van der Waals surface area contributed by atoms with Gasteiger partial charge in [0.1, 0.15) is 5.82 Å². The highest BCUT2D eigenvalue weighted by Gasteiger charge is 2.00. The quantitative estimate of drug-likeness (QED) is 0.738. The Kier molecular flexibility index (Phi) is 6.08. The molecule has 5 heteroatoms. The molecular formula is C12H20ClN3O. The van der Waals surface area contributed by atoms with Gasteiger partial charge in [0.2, 0.25) is 0 Å². The molecule has 17 heavy (non-hydrogen) atoms. The fraction of sp³-hybridized carbons (Fsp3) is 0.583. The highest BCUT2D eigenvalue weighted by molar-refractivity contribution is 6.30. The highest BCUT2D eigenvalue weighted by Crippen LogP contribution is 2.19. The van der Waals surface area contributed by atoms with Crippen LogP contribution >= 0.6 is 11.6 Å². The number of nitrogen functional groups attached to an aromatic ring is 1. The molecule has 1 heterocycles. The van der Waals surface area contributed by atoms with Gasteiger partial charge in [-0.3, -0.25) is 0 Å². The van der Waals surface area contributed by atoms with E-state index in [-0.39, 0.29) is 0 Å². The summed E-state index contributed by atoms with van der Waals surface area (Å²) in [5.41, 5.74) is 6.35.